The summed E-state index contributed by atoms with van der Waals surface area (Å²) in [4.78, 5) is 8.36. The molecular formula is C18H18ClN7. The Morgan fingerprint density at radius 1 is 1.15 bits per heavy atom. The van der Waals surface area contributed by atoms with Gasteiger partial charge >= 0.3 is 0 Å². The Bertz CT molecular complexity index is 957. The van der Waals surface area contributed by atoms with Crippen LogP contribution >= 0.6 is 11.6 Å². The molecule has 0 amide bonds. The number of rotatable bonds is 3. The largest absolute Gasteiger partial charge is 0.383 e. The van der Waals surface area contributed by atoms with Gasteiger partial charge in [0.15, 0.2) is 5.84 Å². The summed E-state index contributed by atoms with van der Waals surface area (Å²) in [5.74, 6) is 12.4. The minimum absolute atomic E-state index is 0.261. The van der Waals surface area contributed by atoms with Crippen LogP contribution in [-0.2, 0) is 0 Å². The molecule has 0 spiro atoms. The van der Waals surface area contributed by atoms with Crippen molar-refractivity contribution >= 4 is 28.9 Å². The molecule has 0 atom stereocenters. The highest BCUT2D eigenvalue weighted by Gasteiger charge is 2.19. The molecule has 0 saturated carbocycles. The van der Waals surface area contributed by atoms with Gasteiger partial charge < -0.3 is 11.6 Å². The van der Waals surface area contributed by atoms with Gasteiger partial charge in [0.2, 0.25) is 0 Å². The van der Waals surface area contributed by atoms with Crippen molar-refractivity contribution in [2.24, 2.45) is 16.8 Å². The number of halogens is 1. The number of anilines is 2. The molecule has 0 aliphatic carbocycles. The Labute approximate surface area is 156 Å². The molecule has 0 aliphatic heterocycles. The fourth-order valence-electron chi connectivity index (χ4n) is 2.58. The lowest BCUT2D eigenvalue weighted by atomic mass is 10.1. The summed E-state index contributed by atoms with van der Waals surface area (Å²) in [5.41, 5.74) is 9.73. The van der Waals surface area contributed by atoms with Crippen molar-refractivity contribution in [1.82, 2.24) is 9.97 Å². The highest BCUT2D eigenvalue weighted by Crippen LogP contribution is 2.28. The number of hydrazine groups is 1. The first-order chi connectivity index (χ1) is 12.5. The fraction of sp³-hybridized carbons (Fsp3) is 0.0556. The lowest BCUT2D eigenvalue weighted by molar-refractivity contribution is 1.08. The number of hydrogen-bond donors (Lipinski definition) is 3. The molecule has 6 N–H and O–H groups in total. The fourth-order valence-corrected chi connectivity index (χ4v) is 2.75. The third-order valence-corrected chi connectivity index (χ3v) is 4.41. The minimum atomic E-state index is 0.261. The predicted octanol–water partition coefficient (Wildman–Crippen LogP) is 2.69. The van der Waals surface area contributed by atoms with Gasteiger partial charge in [-0.1, -0.05) is 23.7 Å². The van der Waals surface area contributed by atoms with Crippen molar-refractivity contribution in [1.29, 1.82) is 0 Å². The highest BCUT2D eigenvalue weighted by atomic mass is 35.5. The summed E-state index contributed by atoms with van der Waals surface area (Å²) >= 11 is 6.19. The van der Waals surface area contributed by atoms with E-state index in [1.165, 1.54) is 5.01 Å². The maximum atomic E-state index is 6.28. The molecule has 0 radical (unpaired) electrons. The van der Waals surface area contributed by atoms with E-state index in [0.29, 0.717) is 16.3 Å². The summed E-state index contributed by atoms with van der Waals surface area (Å²) < 4.78 is 0. The molecular weight excluding hydrogens is 350 g/mol. The van der Waals surface area contributed by atoms with E-state index in [-0.39, 0.29) is 11.7 Å². The van der Waals surface area contributed by atoms with Crippen molar-refractivity contribution in [3.63, 3.8) is 0 Å². The first kappa shape index (κ1) is 17.7. The van der Waals surface area contributed by atoms with Gasteiger partial charge in [0.1, 0.15) is 5.82 Å². The van der Waals surface area contributed by atoms with Gasteiger partial charge in [-0.05, 0) is 36.8 Å². The number of amidine groups is 1. The van der Waals surface area contributed by atoms with E-state index >= 15 is 0 Å². The van der Waals surface area contributed by atoms with Gasteiger partial charge in [0.25, 0.3) is 0 Å². The first-order valence-corrected chi connectivity index (χ1v) is 8.15. The first-order valence-electron chi connectivity index (χ1n) is 7.77. The van der Waals surface area contributed by atoms with E-state index in [0.717, 1.165) is 16.7 Å². The number of hydrogen-bond acceptors (Lipinski definition) is 6. The van der Waals surface area contributed by atoms with Crippen LogP contribution in [0, 0.1) is 6.92 Å². The van der Waals surface area contributed by atoms with Crippen LogP contribution in [0.5, 0.6) is 0 Å². The number of nitrogens with two attached hydrogens (primary N) is 3. The van der Waals surface area contributed by atoms with Gasteiger partial charge in [0, 0.05) is 34.7 Å². The van der Waals surface area contributed by atoms with E-state index < -0.39 is 0 Å². The zero-order valence-electron chi connectivity index (χ0n) is 14.1. The van der Waals surface area contributed by atoms with Crippen LogP contribution in [0.3, 0.4) is 0 Å². The summed E-state index contributed by atoms with van der Waals surface area (Å²) in [7, 11) is 0. The second-order valence-corrected chi connectivity index (χ2v) is 6.01. The van der Waals surface area contributed by atoms with Crippen LogP contribution in [0.15, 0.2) is 60.1 Å². The van der Waals surface area contributed by atoms with Crippen LogP contribution in [0.1, 0.15) is 11.1 Å². The molecule has 2 aromatic heterocycles. The molecule has 132 valence electrons. The molecule has 26 heavy (non-hydrogen) atoms. The van der Waals surface area contributed by atoms with Crippen LogP contribution in [0.25, 0.3) is 11.1 Å². The third kappa shape index (κ3) is 3.30. The maximum absolute atomic E-state index is 6.28. The molecule has 0 aliphatic rings. The van der Waals surface area contributed by atoms with Crippen LogP contribution in [-0.4, -0.2) is 15.8 Å². The van der Waals surface area contributed by atoms with Crippen molar-refractivity contribution in [3.8, 4) is 11.1 Å². The monoisotopic (exact) mass is 367 g/mol. The molecule has 3 rings (SSSR count). The SMILES string of the molecule is Cc1c(Cl)cccc1N(N)/C(=N\N)c1cc(-c2cccnc2)cnc1N. The van der Waals surface area contributed by atoms with Gasteiger partial charge in [-0.25, -0.2) is 10.8 Å². The molecule has 2 heterocycles. The smallest absolute Gasteiger partial charge is 0.177 e. The third-order valence-electron chi connectivity index (χ3n) is 4.00. The summed E-state index contributed by atoms with van der Waals surface area (Å²) in [5, 5.41) is 5.78. The van der Waals surface area contributed by atoms with Crippen molar-refractivity contribution in [3.05, 3.63) is 71.1 Å². The number of nitrogen functional groups attached to an aromatic ring is 1. The van der Waals surface area contributed by atoms with E-state index in [4.69, 9.17) is 29.0 Å². The molecule has 0 unspecified atom stereocenters. The van der Waals surface area contributed by atoms with Crippen molar-refractivity contribution < 1.29 is 0 Å². The van der Waals surface area contributed by atoms with Crippen LogP contribution in [0.4, 0.5) is 11.5 Å². The average Bonchev–Trinajstić information content (AvgIpc) is 2.66. The van der Waals surface area contributed by atoms with Crippen molar-refractivity contribution in [2.45, 2.75) is 6.92 Å². The lowest BCUT2D eigenvalue weighted by Gasteiger charge is -2.23. The zero-order valence-corrected chi connectivity index (χ0v) is 14.9. The summed E-state index contributed by atoms with van der Waals surface area (Å²) in [6.45, 7) is 1.86. The van der Waals surface area contributed by atoms with Crippen LogP contribution < -0.4 is 22.4 Å². The van der Waals surface area contributed by atoms with E-state index in [1.807, 2.05) is 31.2 Å². The standard InChI is InChI=1S/C18H18ClN7/c1-11-15(19)5-2-6-16(11)26(22)18(25-21)14-8-13(10-24-17(14)20)12-4-3-7-23-9-12/h2-10H,21-22H2,1H3,(H2,20,24)/b25-18-. The molecule has 0 fully saturated rings. The Kier molecular flexibility index (Phi) is 5.01. The van der Waals surface area contributed by atoms with Gasteiger partial charge in [-0.15, -0.1) is 0 Å². The number of hydrazone groups is 1. The van der Waals surface area contributed by atoms with E-state index in [9.17, 15) is 0 Å². The molecule has 0 saturated heterocycles. The van der Waals surface area contributed by atoms with Gasteiger partial charge in [-0.3, -0.25) is 9.99 Å². The summed E-state index contributed by atoms with van der Waals surface area (Å²) in [6, 6.07) is 11.0. The zero-order chi connectivity index (χ0) is 18.7. The number of pyridine rings is 2. The van der Waals surface area contributed by atoms with Gasteiger partial charge in [-0.2, -0.15) is 5.10 Å². The molecule has 3 aromatic rings. The Morgan fingerprint density at radius 3 is 2.65 bits per heavy atom. The topological polar surface area (TPSA) is 119 Å². The normalized spacial score (nSPS) is 11.4. The number of benzene rings is 1. The van der Waals surface area contributed by atoms with E-state index in [1.54, 1.807) is 30.7 Å². The van der Waals surface area contributed by atoms with E-state index in [2.05, 4.69) is 15.1 Å². The second kappa shape index (κ2) is 7.38. The Hall–Kier alpha value is -3.16. The van der Waals surface area contributed by atoms with Crippen LogP contribution in [0.2, 0.25) is 5.02 Å². The average molecular weight is 368 g/mol. The Balaban J connectivity index is 2.07. The lowest BCUT2D eigenvalue weighted by Crippen LogP contribution is -2.40. The maximum Gasteiger partial charge on any atom is 0.177 e. The van der Waals surface area contributed by atoms with Crippen molar-refractivity contribution in [2.75, 3.05) is 10.7 Å². The molecule has 0 bridgehead atoms. The second-order valence-electron chi connectivity index (χ2n) is 5.61. The number of aromatic nitrogens is 2. The minimum Gasteiger partial charge on any atom is -0.383 e. The summed E-state index contributed by atoms with van der Waals surface area (Å²) in [6.07, 6.45) is 5.10. The van der Waals surface area contributed by atoms with Gasteiger partial charge in [0.05, 0.1) is 11.3 Å². The molecule has 1 aromatic carbocycles. The highest BCUT2D eigenvalue weighted by molar-refractivity contribution is 6.32. The molecule has 7 nitrogen and oxygen atoms in total. The predicted molar refractivity (Wildman–Crippen MR) is 105 cm³/mol. The molecule has 8 heteroatoms. The number of nitrogens with zero attached hydrogens (tertiary/aromatic N) is 4. The Morgan fingerprint density at radius 2 is 1.96 bits per heavy atom. The quantitative estimate of drug-likeness (QED) is 0.283.